The molecular weight excluding hydrogens is 601 g/mol. The molecule has 0 spiro atoms. The van der Waals surface area contributed by atoms with Gasteiger partial charge in [0.15, 0.2) is 0 Å². The van der Waals surface area contributed by atoms with Crippen LogP contribution in [-0.2, 0) is 21.1 Å². The van der Waals surface area contributed by atoms with E-state index in [1.165, 1.54) is 5.39 Å². The molecule has 5 heteroatoms. The van der Waals surface area contributed by atoms with Crippen molar-refractivity contribution in [2.45, 2.75) is 0 Å². The van der Waals surface area contributed by atoms with Crippen LogP contribution < -0.4 is 9.64 Å². The Kier molecular flexibility index (Phi) is 6.81. The van der Waals surface area contributed by atoms with Crippen LogP contribution in [0.4, 0.5) is 5.69 Å². The molecular formula is C29H23N3OPt. The van der Waals surface area contributed by atoms with E-state index in [9.17, 15) is 0 Å². The molecule has 0 aliphatic carbocycles. The Morgan fingerprint density at radius 3 is 2.47 bits per heavy atom. The van der Waals surface area contributed by atoms with Crippen molar-refractivity contribution in [3.63, 3.8) is 0 Å². The van der Waals surface area contributed by atoms with E-state index >= 15 is 0 Å². The normalized spacial score (nSPS) is 12.6. The van der Waals surface area contributed by atoms with Gasteiger partial charge in [-0.1, -0.05) is 40.9 Å². The Hall–Kier alpha value is -3.49. The van der Waals surface area contributed by atoms with E-state index in [4.69, 9.17) is 4.74 Å². The number of fused-ring (bicyclic) bond motifs is 3. The minimum atomic E-state index is 0. The number of ether oxygens (including phenoxy) is 1. The first-order valence-corrected chi connectivity index (χ1v) is 10.5. The van der Waals surface area contributed by atoms with Crippen molar-refractivity contribution in [1.29, 1.82) is 0 Å². The summed E-state index contributed by atoms with van der Waals surface area (Å²) in [7, 11) is 2.00. The second kappa shape index (κ2) is 9.78. The van der Waals surface area contributed by atoms with Crippen LogP contribution in [0, 0.1) is 26.2 Å². The van der Waals surface area contributed by atoms with Crippen LogP contribution in [-0.4, -0.2) is 16.5 Å². The number of nitrogens with zero attached hydrogens (tertiary/aromatic N) is 3. The van der Waals surface area contributed by atoms with Crippen LogP contribution in [0.15, 0.2) is 97.3 Å². The van der Waals surface area contributed by atoms with Crippen LogP contribution in [0.1, 0.15) is 0 Å². The predicted molar refractivity (Wildman–Crippen MR) is 135 cm³/mol. The Bertz CT molecular complexity index is 1460. The molecule has 2 heterocycles. The molecule has 0 bridgehead atoms. The van der Waals surface area contributed by atoms with Crippen molar-refractivity contribution in [1.82, 2.24) is 9.47 Å². The number of hydrogen-bond donors (Lipinski definition) is 0. The van der Waals surface area contributed by atoms with Gasteiger partial charge in [0.1, 0.15) is 5.75 Å². The van der Waals surface area contributed by atoms with Gasteiger partial charge in [0.05, 0.1) is 0 Å². The number of para-hydroxylation sites is 2. The van der Waals surface area contributed by atoms with Crippen molar-refractivity contribution >= 4 is 27.5 Å². The average molecular weight is 625 g/mol. The molecule has 0 N–H and O–H groups in total. The summed E-state index contributed by atoms with van der Waals surface area (Å²) in [4.78, 5) is 4.07. The topological polar surface area (TPSA) is 20.6 Å². The van der Waals surface area contributed by atoms with Gasteiger partial charge in [-0.2, -0.15) is 30.9 Å². The number of hydrogen-bond acceptors (Lipinski definition) is 3. The Morgan fingerprint density at radius 1 is 0.824 bits per heavy atom. The summed E-state index contributed by atoms with van der Waals surface area (Å²) in [5.74, 6) is 1.46. The van der Waals surface area contributed by atoms with Crippen molar-refractivity contribution in [2.24, 2.45) is 0 Å². The zero-order chi connectivity index (χ0) is 21.5. The van der Waals surface area contributed by atoms with E-state index < -0.39 is 0 Å². The molecule has 0 atom stereocenters. The summed E-state index contributed by atoms with van der Waals surface area (Å²) in [6.07, 6.45) is 4.03. The zero-order valence-corrected chi connectivity index (χ0v) is 21.2. The second-order valence-corrected chi connectivity index (χ2v) is 7.78. The van der Waals surface area contributed by atoms with E-state index in [0.717, 1.165) is 33.5 Å². The number of anilines is 1. The summed E-state index contributed by atoms with van der Waals surface area (Å²) in [5, 5.41) is 2.30. The fourth-order valence-corrected chi connectivity index (χ4v) is 4.17. The molecule has 0 amide bonds. The molecule has 1 aliphatic rings. The summed E-state index contributed by atoms with van der Waals surface area (Å²) in [6.45, 7) is 2.02. The van der Waals surface area contributed by atoms with Crippen LogP contribution in [0.5, 0.6) is 11.5 Å². The maximum Gasteiger partial charge on any atom is 4.00 e. The molecule has 1 aliphatic heterocycles. The first-order valence-electron chi connectivity index (χ1n) is 10.5. The van der Waals surface area contributed by atoms with E-state index in [2.05, 4.69) is 64.1 Å². The molecule has 5 aromatic rings. The summed E-state index contributed by atoms with van der Waals surface area (Å²) < 4.78 is 8.45. The van der Waals surface area contributed by atoms with Gasteiger partial charge in [0, 0.05) is 23.0 Å². The fourth-order valence-electron chi connectivity index (χ4n) is 4.17. The third-order valence-corrected chi connectivity index (χ3v) is 5.62. The monoisotopic (exact) mass is 624 g/mol. The molecule has 170 valence electrons. The molecule has 0 radical (unpaired) electrons. The predicted octanol–water partition coefficient (Wildman–Crippen LogP) is 6.97. The first-order chi connectivity index (χ1) is 15.8. The summed E-state index contributed by atoms with van der Waals surface area (Å²) in [6, 6.07) is 35.2. The van der Waals surface area contributed by atoms with Crippen molar-refractivity contribution in [2.75, 3.05) is 11.9 Å². The summed E-state index contributed by atoms with van der Waals surface area (Å²) >= 11 is 0. The standard InChI is InChI=1S/C28H20N3O.CH3.Pt/c1-29-16-17-30(20-29)22-10-7-11-23(18-22)32-24-14-15-28-26(19-24)25-12-5-6-13-27(25)31(28)21-8-3-2-4-9-21;;/h2-8,10-13,15-20H,1H3;1H3;/q-3;-1;+4. The zero-order valence-electron chi connectivity index (χ0n) is 18.9. The van der Waals surface area contributed by atoms with Gasteiger partial charge in [-0.15, -0.1) is 24.3 Å². The molecule has 6 rings (SSSR count). The van der Waals surface area contributed by atoms with Gasteiger partial charge < -0.3 is 26.5 Å². The number of rotatable bonds is 4. The number of aromatic nitrogens is 1. The SMILES string of the molecule is CN1C=CN(c2cccc(Oc3[c-]cc4c(c3)c3ccccc3n4-c3[c-]cccc3)c2)[CH-]1.[CH3-].[Pt+4]. The Balaban J connectivity index is 0.00000137. The average Bonchev–Trinajstić information content (AvgIpc) is 3.41. The maximum absolute atomic E-state index is 6.23. The van der Waals surface area contributed by atoms with Crippen molar-refractivity contribution < 1.29 is 25.8 Å². The molecule has 0 fully saturated rings. The van der Waals surface area contributed by atoms with Gasteiger partial charge in [-0.05, 0) is 43.0 Å². The molecule has 4 aromatic carbocycles. The molecule has 1 aromatic heterocycles. The fraction of sp³-hybridized carbons (Fsp3) is 0.0345. The van der Waals surface area contributed by atoms with Gasteiger partial charge in [-0.3, -0.25) is 0 Å². The van der Waals surface area contributed by atoms with Gasteiger partial charge in [0.25, 0.3) is 0 Å². The Morgan fingerprint density at radius 2 is 1.68 bits per heavy atom. The van der Waals surface area contributed by atoms with Crippen molar-refractivity contribution in [3.8, 4) is 17.2 Å². The second-order valence-electron chi connectivity index (χ2n) is 7.78. The van der Waals surface area contributed by atoms with E-state index in [1.807, 2.05) is 73.5 Å². The van der Waals surface area contributed by atoms with Crippen LogP contribution in [0.25, 0.3) is 27.5 Å². The van der Waals surface area contributed by atoms with Crippen molar-refractivity contribution in [3.05, 3.63) is 124 Å². The van der Waals surface area contributed by atoms with Crippen LogP contribution in [0.3, 0.4) is 0 Å². The molecule has 0 unspecified atom stereocenters. The van der Waals surface area contributed by atoms with Crippen LogP contribution >= 0.6 is 0 Å². The largest absolute Gasteiger partial charge is 4.00 e. The van der Waals surface area contributed by atoms with Crippen LogP contribution in [0.2, 0.25) is 0 Å². The number of benzene rings is 4. The Labute approximate surface area is 214 Å². The molecule has 0 saturated heterocycles. The third-order valence-electron chi connectivity index (χ3n) is 5.62. The quantitative estimate of drug-likeness (QED) is 0.202. The van der Waals surface area contributed by atoms with Gasteiger partial charge in [-0.25, -0.2) is 0 Å². The molecule has 34 heavy (non-hydrogen) atoms. The maximum atomic E-state index is 6.23. The summed E-state index contributed by atoms with van der Waals surface area (Å²) in [5.41, 5.74) is 4.27. The first kappa shape index (κ1) is 23.7. The minimum absolute atomic E-state index is 0. The van der Waals surface area contributed by atoms with E-state index in [0.29, 0.717) is 5.75 Å². The smallest absolute Gasteiger partial charge is 0.510 e. The molecule has 4 nitrogen and oxygen atoms in total. The third kappa shape index (κ3) is 4.22. The molecule has 0 saturated carbocycles. The van der Waals surface area contributed by atoms with E-state index in [1.54, 1.807) is 0 Å². The van der Waals surface area contributed by atoms with E-state index in [-0.39, 0.29) is 28.5 Å². The minimum Gasteiger partial charge on any atom is -0.510 e. The van der Waals surface area contributed by atoms with Gasteiger partial charge >= 0.3 is 21.1 Å². The van der Waals surface area contributed by atoms with Gasteiger partial charge in [0.2, 0.25) is 0 Å².